The van der Waals surface area contributed by atoms with E-state index in [-0.39, 0.29) is 17.9 Å². The van der Waals surface area contributed by atoms with Crippen molar-refractivity contribution in [1.82, 2.24) is 0 Å². The van der Waals surface area contributed by atoms with Crippen molar-refractivity contribution in [2.45, 2.75) is 57.6 Å². The molecule has 0 aliphatic heterocycles. The summed E-state index contributed by atoms with van der Waals surface area (Å²) in [4.78, 5) is 11.0. The topological polar surface area (TPSA) is 72.5 Å². The molecule has 1 rings (SSSR count). The lowest BCUT2D eigenvalue weighted by Crippen LogP contribution is -2.54. The maximum Gasteiger partial charge on any atom is 0.303 e. The predicted octanol–water partition coefficient (Wildman–Crippen LogP) is 1.77. The van der Waals surface area contributed by atoms with Crippen molar-refractivity contribution in [2.24, 2.45) is 11.1 Å². The molecule has 0 saturated heterocycles. The number of carboxylic acids is 1. The first-order chi connectivity index (χ1) is 7.31. The Hall–Kier alpha value is -0.610. The molecule has 0 aromatic carbocycles. The summed E-state index contributed by atoms with van der Waals surface area (Å²) in [6.07, 6.45) is 3.91. The highest BCUT2D eigenvalue weighted by molar-refractivity contribution is 5.68. The molecule has 0 amide bonds. The SMILES string of the molecule is COC1CCCC(CC(=O)O)(C(C)(C)N)C1. The molecule has 0 aromatic rings. The molecule has 4 nitrogen and oxygen atoms in total. The molecular formula is C12H23NO3. The quantitative estimate of drug-likeness (QED) is 0.770. The van der Waals surface area contributed by atoms with E-state index in [1.165, 1.54) is 0 Å². The molecule has 1 saturated carbocycles. The molecule has 1 fully saturated rings. The summed E-state index contributed by atoms with van der Waals surface area (Å²) in [7, 11) is 1.69. The number of ether oxygens (including phenoxy) is 1. The molecule has 0 aromatic heterocycles. The van der Waals surface area contributed by atoms with Gasteiger partial charge in [0.15, 0.2) is 0 Å². The van der Waals surface area contributed by atoms with Gasteiger partial charge in [0, 0.05) is 18.1 Å². The second kappa shape index (κ2) is 4.72. The van der Waals surface area contributed by atoms with Crippen molar-refractivity contribution in [3.05, 3.63) is 0 Å². The number of hydrogen-bond donors (Lipinski definition) is 2. The molecule has 0 radical (unpaired) electrons. The van der Waals surface area contributed by atoms with E-state index in [0.29, 0.717) is 0 Å². The number of methoxy groups -OCH3 is 1. The summed E-state index contributed by atoms with van der Waals surface area (Å²) in [5.74, 6) is -0.768. The highest BCUT2D eigenvalue weighted by Crippen LogP contribution is 2.47. The monoisotopic (exact) mass is 229 g/mol. The van der Waals surface area contributed by atoms with Crippen LogP contribution >= 0.6 is 0 Å². The second-order valence-electron chi connectivity index (χ2n) is 5.53. The van der Waals surface area contributed by atoms with Gasteiger partial charge < -0.3 is 15.6 Å². The Kier molecular flexibility index (Phi) is 3.97. The van der Waals surface area contributed by atoms with Gasteiger partial charge >= 0.3 is 5.97 Å². The summed E-state index contributed by atoms with van der Waals surface area (Å²) < 4.78 is 5.37. The van der Waals surface area contributed by atoms with E-state index in [1.54, 1.807) is 7.11 Å². The Labute approximate surface area is 97.2 Å². The van der Waals surface area contributed by atoms with E-state index < -0.39 is 11.5 Å². The zero-order chi connectivity index (χ0) is 12.4. The number of nitrogens with two attached hydrogens (primary N) is 1. The van der Waals surface area contributed by atoms with Crippen LogP contribution < -0.4 is 5.73 Å². The first-order valence-corrected chi connectivity index (χ1v) is 5.84. The highest BCUT2D eigenvalue weighted by atomic mass is 16.5. The second-order valence-corrected chi connectivity index (χ2v) is 5.53. The fourth-order valence-electron chi connectivity index (χ4n) is 2.77. The van der Waals surface area contributed by atoms with Gasteiger partial charge in [0.25, 0.3) is 0 Å². The summed E-state index contributed by atoms with van der Waals surface area (Å²) in [6, 6.07) is 0. The lowest BCUT2D eigenvalue weighted by atomic mass is 9.61. The van der Waals surface area contributed by atoms with Crippen LogP contribution in [0.4, 0.5) is 0 Å². The van der Waals surface area contributed by atoms with Gasteiger partial charge in [0.05, 0.1) is 12.5 Å². The molecule has 2 atom stereocenters. The first kappa shape index (κ1) is 13.5. The normalized spacial score (nSPS) is 31.4. The fourth-order valence-corrected chi connectivity index (χ4v) is 2.77. The van der Waals surface area contributed by atoms with Crippen molar-refractivity contribution in [1.29, 1.82) is 0 Å². The average molecular weight is 229 g/mol. The van der Waals surface area contributed by atoms with E-state index in [2.05, 4.69) is 0 Å². The minimum Gasteiger partial charge on any atom is -0.481 e. The number of rotatable bonds is 4. The van der Waals surface area contributed by atoms with Crippen LogP contribution in [-0.2, 0) is 9.53 Å². The summed E-state index contributed by atoms with van der Waals surface area (Å²) in [6.45, 7) is 3.85. The van der Waals surface area contributed by atoms with Gasteiger partial charge in [-0.15, -0.1) is 0 Å². The Morgan fingerprint density at radius 1 is 1.62 bits per heavy atom. The molecule has 3 N–H and O–H groups in total. The van der Waals surface area contributed by atoms with Crippen molar-refractivity contribution < 1.29 is 14.6 Å². The average Bonchev–Trinajstić information content (AvgIpc) is 2.15. The predicted molar refractivity (Wildman–Crippen MR) is 62.2 cm³/mol. The lowest BCUT2D eigenvalue weighted by Gasteiger charge is -2.48. The minimum absolute atomic E-state index is 0.135. The van der Waals surface area contributed by atoms with E-state index in [4.69, 9.17) is 15.6 Å². The molecular weight excluding hydrogens is 206 g/mol. The zero-order valence-electron chi connectivity index (χ0n) is 10.5. The standard InChI is InChI=1S/C12H23NO3/c1-11(2,13)12(8-10(14)15)6-4-5-9(7-12)16-3/h9H,4-8,13H2,1-3H3,(H,14,15). The molecule has 0 heterocycles. The van der Waals surface area contributed by atoms with Crippen molar-refractivity contribution in [3.63, 3.8) is 0 Å². The summed E-state index contributed by atoms with van der Waals surface area (Å²) in [5, 5.41) is 9.06. The van der Waals surface area contributed by atoms with E-state index in [1.807, 2.05) is 13.8 Å². The van der Waals surface area contributed by atoms with Crippen LogP contribution in [0.2, 0.25) is 0 Å². The number of carboxylic acid groups (broad SMARTS) is 1. The third-order valence-electron chi connectivity index (χ3n) is 3.99. The smallest absolute Gasteiger partial charge is 0.303 e. The van der Waals surface area contributed by atoms with Crippen molar-refractivity contribution in [3.8, 4) is 0 Å². The van der Waals surface area contributed by atoms with Crippen LogP contribution in [0.1, 0.15) is 46.0 Å². The van der Waals surface area contributed by atoms with Gasteiger partial charge in [0.2, 0.25) is 0 Å². The van der Waals surface area contributed by atoms with Crippen LogP contribution in [0.25, 0.3) is 0 Å². The maximum atomic E-state index is 11.0. The summed E-state index contributed by atoms with van der Waals surface area (Å²) in [5.41, 5.74) is 5.37. The third kappa shape index (κ3) is 2.74. The van der Waals surface area contributed by atoms with Gasteiger partial charge in [-0.05, 0) is 33.1 Å². The molecule has 2 unspecified atom stereocenters. The third-order valence-corrected chi connectivity index (χ3v) is 3.99. The van der Waals surface area contributed by atoms with Crippen LogP contribution in [-0.4, -0.2) is 29.8 Å². The largest absolute Gasteiger partial charge is 0.481 e. The number of aliphatic carboxylic acids is 1. The van der Waals surface area contributed by atoms with Crippen LogP contribution in [0, 0.1) is 5.41 Å². The molecule has 4 heteroatoms. The molecule has 1 aliphatic rings. The Morgan fingerprint density at radius 3 is 2.69 bits per heavy atom. The first-order valence-electron chi connectivity index (χ1n) is 5.84. The lowest BCUT2D eigenvalue weighted by molar-refractivity contribution is -0.143. The molecule has 16 heavy (non-hydrogen) atoms. The van der Waals surface area contributed by atoms with E-state index >= 15 is 0 Å². The fraction of sp³-hybridized carbons (Fsp3) is 0.917. The van der Waals surface area contributed by atoms with E-state index in [9.17, 15) is 4.79 Å². The van der Waals surface area contributed by atoms with Crippen LogP contribution in [0.5, 0.6) is 0 Å². The molecule has 0 spiro atoms. The number of carbonyl (C=O) groups is 1. The van der Waals surface area contributed by atoms with Gasteiger partial charge in [0.1, 0.15) is 0 Å². The van der Waals surface area contributed by atoms with Crippen LogP contribution in [0.3, 0.4) is 0 Å². The Morgan fingerprint density at radius 2 is 2.25 bits per heavy atom. The molecule has 94 valence electrons. The zero-order valence-corrected chi connectivity index (χ0v) is 10.5. The van der Waals surface area contributed by atoms with Crippen LogP contribution in [0.15, 0.2) is 0 Å². The van der Waals surface area contributed by atoms with Gasteiger partial charge in [-0.25, -0.2) is 0 Å². The van der Waals surface area contributed by atoms with E-state index in [0.717, 1.165) is 25.7 Å². The van der Waals surface area contributed by atoms with Gasteiger partial charge in [-0.3, -0.25) is 4.79 Å². The maximum absolute atomic E-state index is 11.0. The molecule has 1 aliphatic carbocycles. The van der Waals surface area contributed by atoms with Gasteiger partial charge in [-0.1, -0.05) is 6.42 Å². The highest BCUT2D eigenvalue weighted by Gasteiger charge is 2.47. The Bertz CT molecular complexity index is 259. The summed E-state index contributed by atoms with van der Waals surface area (Å²) >= 11 is 0. The van der Waals surface area contributed by atoms with Gasteiger partial charge in [-0.2, -0.15) is 0 Å². The molecule has 0 bridgehead atoms. The Balaban J connectivity index is 2.90. The van der Waals surface area contributed by atoms with Crippen molar-refractivity contribution >= 4 is 5.97 Å². The minimum atomic E-state index is -0.768. The number of hydrogen-bond acceptors (Lipinski definition) is 3. The van der Waals surface area contributed by atoms with Crippen molar-refractivity contribution in [2.75, 3.05) is 7.11 Å².